The number of aryl methyl sites for hydroxylation is 1. The van der Waals surface area contributed by atoms with Crippen molar-refractivity contribution < 1.29 is 0 Å². The molecule has 0 amide bonds. The molecule has 0 aliphatic carbocycles. The Kier molecular flexibility index (Phi) is 3.70. The number of hydrogen-bond donors (Lipinski definition) is 1. The molecular formula is C15H13N5S. The molecule has 0 unspecified atom stereocenters. The second-order valence-corrected chi connectivity index (χ2v) is 4.95. The second-order valence-electron chi connectivity index (χ2n) is 4.56. The lowest BCUT2D eigenvalue weighted by Gasteiger charge is -2.00. The molecule has 2 aromatic heterocycles. The minimum absolute atomic E-state index is 0.450. The lowest BCUT2D eigenvalue weighted by atomic mass is 10.2. The van der Waals surface area contributed by atoms with Gasteiger partial charge in [0.15, 0.2) is 5.82 Å². The number of aromatic amines is 1. The van der Waals surface area contributed by atoms with Gasteiger partial charge in [0.1, 0.15) is 0 Å². The van der Waals surface area contributed by atoms with Gasteiger partial charge in [-0.3, -0.25) is 4.98 Å². The van der Waals surface area contributed by atoms with Crippen molar-refractivity contribution in [3.8, 4) is 11.4 Å². The lowest BCUT2D eigenvalue weighted by molar-refractivity contribution is 0.871. The maximum absolute atomic E-state index is 5.23. The molecule has 0 fully saturated rings. The molecule has 21 heavy (non-hydrogen) atoms. The molecule has 0 saturated carbocycles. The number of benzene rings is 1. The van der Waals surface area contributed by atoms with E-state index in [-0.39, 0.29) is 0 Å². The first-order chi connectivity index (χ1) is 10.2. The van der Waals surface area contributed by atoms with Crippen LogP contribution in [-0.4, -0.2) is 26.1 Å². The van der Waals surface area contributed by atoms with Crippen LogP contribution in [0.15, 0.2) is 53.9 Å². The standard InChI is InChI=1S/C15H13N5S/c1-11-3-2-4-12(9-11)10-17-20-14(18-19-15(20)21)13-5-7-16-8-6-13/h2-10H,1H3,(H,19,21)/b17-10-. The van der Waals surface area contributed by atoms with E-state index in [1.807, 2.05) is 37.3 Å². The molecule has 0 spiro atoms. The van der Waals surface area contributed by atoms with E-state index in [0.29, 0.717) is 10.6 Å². The van der Waals surface area contributed by atoms with Crippen LogP contribution in [0.25, 0.3) is 11.4 Å². The Morgan fingerprint density at radius 3 is 2.81 bits per heavy atom. The first-order valence-corrected chi connectivity index (χ1v) is 6.84. The van der Waals surface area contributed by atoms with E-state index in [1.54, 1.807) is 23.3 Å². The van der Waals surface area contributed by atoms with Crippen LogP contribution >= 0.6 is 12.2 Å². The van der Waals surface area contributed by atoms with Gasteiger partial charge in [0.05, 0.1) is 6.21 Å². The molecule has 0 saturated heterocycles. The van der Waals surface area contributed by atoms with Crippen LogP contribution in [0.2, 0.25) is 0 Å². The van der Waals surface area contributed by atoms with Gasteiger partial charge in [0.2, 0.25) is 4.77 Å². The van der Waals surface area contributed by atoms with Crippen molar-refractivity contribution in [3.63, 3.8) is 0 Å². The van der Waals surface area contributed by atoms with Crippen molar-refractivity contribution >= 4 is 18.4 Å². The van der Waals surface area contributed by atoms with Crippen LogP contribution in [0, 0.1) is 11.7 Å². The largest absolute Gasteiger partial charge is 0.265 e. The number of pyridine rings is 1. The van der Waals surface area contributed by atoms with Crippen LogP contribution in [0.3, 0.4) is 0 Å². The summed E-state index contributed by atoms with van der Waals surface area (Å²) in [6, 6.07) is 11.8. The van der Waals surface area contributed by atoms with Gasteiger partial charge < -0.3 is 0 Å². The number of aromatic nitrogens is 4. The third-order valence-electron chi connectivity index (χ3n) is 2.95. The highest BCUT2D eigenvalue weighted by Crippen LogP contribution is 2.15. The Hall–Kier alpha value is -2.60. The molecule has 3 rings (SSSR count). The SMILES string of the molecule is Cc1cccc(/C=N\n2c(-c3ccncc3)n[nH]c2=S)c1. The van der Waals surface area contributed by atoms with Crippen LogP contribution < -0.4 is 0 Å². The summed E-state index contributed by atoms with van der Waals surface area (Å²) in [5, 5.41) is 11.4. The minimum atomic E-state index is 0.450. The summed E-state index contributed by atoms with van der Waals surface area (Å²) >= 11 is 5.23. The maximum atomic E-state index is 5.23. The smallest absolute Gasteiger partial charge is 0.216 e. The summed E-state index contributed by atoms with van der Waals surface area (Å²) in [4.78, 5) is 4.00. The normalized spacial score (nSPS) is 11.1. The Morgan fingerprint density at radius 1 is 1.24 bits per heavy atom. The Labute approximate surface area is 127 Å². The predicted molar refractivity (Wildman–Crippen MR) is 84.8 cm³/mol. The van der Waals surface area contributed by atoms with Crippen molar-refractivity contribution in [1.29, 1.82) is 0 Å². The first kappa shape index (κ1) is 13.4. The topological polar surface area (TPSA) is 58.9 Å². The number of nitrogens with zero attached hydrogens (tertiary/aromatic N) is 4. The fourth-order valence-electron chi connectivity index (χ4n) is 1.96. The van der Waals surface area contributed by atoms with Gasteiger partial charge in [-0.15, -0.1) is 0 Å². The van der Waals surface area contributed by atoms with Crippen LogP contribution in [-0.2, 0) is 0 Å². The molecule has 1 N–H and O–H groups in total. The lowest BCUT2D eigenvalue weighted by Crippen LogP contribution is -1.95. The minimum Gasteiger partial charge on any atom is -0.265 e. The second kappa shape index (κ2) is 5.80. The van der Waals surface area contributed by atoms with Crippen molar-refractivity contribution in [1.82, 2.24) is 19.9 Å². The van der Waals surface area contributed by atoms with Gasteiger partial charge in [0.25, 0.3) is 0 Å². The van der Waals surface area contributed by atoms with E-state index in [0.717, 1.165) is 11.1 Å². The highest BCUT2D eigenvalue weighted by Gasteiger charge is 2.07. The summed E-state index contributed by atoms with van der Waals surface area (Å²) in [6.07, 6.45) is 5.19. The van der Waals surface area contributed by atoms with Crippen molar-refractivity contribution in [2.45, 2.75) is 6.92 Å². The predicted octanol–water partition coefficient (Wildman–Crippen LogP) is 3.19. The van der Waals surface area contributed by atoms with E-state index in [4.69, 9.17) is 12.2 Å². The fraction of sp³-hybridized carbons (Fsp3) is 0.0667. The summed E-state index contributed by atoms with van der Waals surface area (Å²) in [7, 11) is 0. The average Bonchev–Trinajstić information content (AvgIpc) is 2.87. The van der Waals surface area contributed by atoms with Gasteiger partial charge in [-0.25, -0.2) is 5.10 Å². The zero-order chi connectivity index (χ0) is 14.7. The van der Waals surface area contributed by atoms with Gasteiger partial charge in [-0.05, 0) is 36.8 Å². The number of hydrogen-bond acceptors (Lipinski definition) is 4. The van der Waals surface area contributed by atoms with E-state index in [2.05, 4.69) is 26.3 Å². The summed E-state index contributed by atoms with van der Waals surface area (Å²) in [5.41, 5.74) is 3.10. The molecule has 0 atom stereocenters. The molecule has 0 aliphatic heterocycles. The number of nitrogens with one attached hydrogen (secondary N) is 1. The zero-order valence-corrected chi connectivity index (χ0v) is 12.2. The van der Waals surface area contributed by atoms with E-state index in [9.17, 15) is 0 Å². The summed E-state index contributed by atoms with van der Waals surface area (Å²) < 4.78 is 2.05. The molecule has 0 aliphatic rings. The van der Waals surface area contributed by atoms with E-state index >= 15 is 0 Å². The summed E-state index contributed by atoms with van der Waals surface area (Å²) in [5.74, 6) is 0.659. The molecule has 104 valence electrons. The van der Waals surface area contributed by atoms with Gasteiger partial charge in [-0.1, -0.05) is 29.8 Å². The monoisotopic (exact) mass is 295 g/mol. The Bertz CT molecular complexity index is 833. The maximum Gasteiger partial charge on any atom is 0.216 e. The molecular weight excluding hydrogens is 282 g/mol. The number of H-pyrrole nitrogens is 1. The van der Waals surface area contributed by atoms with Crippen LogP contribution in [0.1, 0.15) is 11.1 Å². The van der Waals surface area contributed by atoms with Crippen molar-refractivity contribution in [3.05, 3.63) is 64.7 Å². The third-order valence-corrected chi connectivity index (χ3v) is 3.22. The van der Waals surface area contributed by atoms with E-state index in [1.165, 1.54) is 5.56 Å². The van der Waals surface area contributed by atoms with E-state index < -0.39 is 0 Å². The molecule has 6 heteroatoms. The van der Waals surface area contributed by atoms with Crippen LogP contribution in [0.4, 0.5) is 0 Å². The van der Waals surface area contributed by atoms with Crippen LogP contribution in [0.5, 0.6) is 0 Å². The highest BCUT2D eigenvalue weighted by molar-refractivity contribution is 7.71. The first-order valence-electron chi connectivity index (χ1n) is 6.43. The number of rotatable bonds is 3. The van der Waals surface area contributed by atoms with Gasteiger partial charge in [0, 0.05) is 18.0 Å². The summed E-state index contributed by atoms with van der Waals surface area (Å²) in [6.45, 7) is 2.04. The molecule has 2 heterocycles. The fourth-order valence-corrected chi connectivity index (χ4v) is 2.14. The molecule has 3 aromatic rings. The zero-order valence-electron chi connectivity index (χ0n) is 11.4. The van der Waals surface area contributed by atoms with Gasteiger partial charge >= 0.3 is 0 Å². The Morgan fingerprint density at radius 2 is 2.05 bits per heavy atom. The third kappa shape index (κ3) is 2.95. The molecule has 0 bridgehead atoms. The Balaban J connectivity index is 2.00. The molecule has 5 nitrogen and oxygen atoms in total. The van der Waals surface area contributed by atoms with Gasteiger partial charge in [-0.2, -0.15) is 14.9 Å². The van der Waals surface area contributed by atoms with Crippen molar-refractivity contribution in [2.75, 3.05) is 0 Å². The molecule has 1 aromatic carbocycles. The average molecular weight is 295 g/mol. The molecule has 0 radical (unpaired) electrons. The highest BCUT2D eigenvalue weighted by atomic mass is 32.1. The van der Waals surface area contributed by atoms with Crippen molar-refractivity contribution in [2.24, 2.45) is 5.10 Å². The quantitative estimate of drug-likeness (QED) is 0.596.